The average molecular weight is 494 g/mol. The predicted octanol–water partition coefficient (Wildman–Crippen LogP) is 3.32. The lowest BCUT2D eigenvalue weighted by Gasteiger charge is -2.63. The van der Waals surface area contributed by atoms with Crippen molar-refractivity contribution in [2.24, 2.45) is 23.7 Å². The van der Waals surface area contributed by atoms with Crippen LogP contribution in [0.3, 0.4) is 0 Å². The minimum Gasteiger partial charge on any atom is -0.354 e. The molecule has 0 aromatic carbocycles. The Hall–Kier alpha value is -2.36. The highest BCUT2D eigenvalue weighted by molar-refractivity contribution is 5.78. The SMILES string of the molecule is CC(C)C(=O)N(C1C2CC3CC1CC(NC=O)(C3)C2)N1CCN(c2ccc(C(F)(F)F)cn2)CC1. The van der Waals surface area contributed by atoms with E-state index >= 15 is 0 Å². The van der Waals surface area contributed by atoms with Gasteiger partial charge in [0, 0.05) is 43.8 Å². The zero-order chi connectivity index (χ0) is 25.0. The van der Waals surface area contributed by atoms with Crippen molar-refractivity contribution in [3.8, 4) is 0 Å². The highest BCUT2D eigenvalue weighted by atomic mass is 19.4. The van der Waals surface area contributed by atoms with Crippen molar-refractivity contribution < 1.29 is 22.8 Å². The number of halogens is 3. The number of hydrogen-bond donors (Lipinski definition) is 1. The van der Waals surface area contributed by atoms with Crippen LogP contribution in [0.25, 0.3) is 0 Å². The van der Waals surface area contributed by atoms with Crippen LogP contribution in [-0.4, -0.2) is 65.1 Å². The van der Waals surface area contributed by atoms with E-state index in [1.807, 2.05) is 23.8 Å². The molecule has 1 aromatic rings. The van der Waals surface area contributed by atoms with E-state index in [2.05, 4.69) is 15.3 Å². The number of anilines is 1. The van der Waals surface area contributed by atoms with Crippen LogP contribution in [0.5, 0.6) is 0 Å². The fraction of sp³-hybridized carbons (Fsp3) is 0.720. The number of nitrogens with one attached hydrogen (secondary N) is 1. The summed E-state index contributed by atoms with van der Waals surface area (Å²) in [6.45, 7) is 6.26. The molecule has 10 heteroatoms. The molecule has 7 nitrogen and oxygen atoms in total. The van der Waals surface area contributed by atoms with Crippen LogP contribution in [0.2, 0.25) is 0 Å². The molecule has 192 valence electrons. The van der Waals surface area contributed by atoms with Crippen LogP contribution >= 0.6 is 0 Å². The smallest absolute Gasteiger partial charge is 0.354 e. The molecule has 2 heterocycles. The van der Waals surface area contributed by atoms with E-state index < -0.39 is 11.7 Å². The van der Waals surface area contributed by atoms with Gasteiger partial charge in [0.15, 0.2) is 0 Å². The Balaban J connectivity index is 1.32. The fourth-order valence-corrected chi connectivity index (χ4v) is 7.32. The summed E-state index contributed by atoms with van der Waals surface area (Å²) in [4.78, 5) is 30.9. The number of hydrogen-bond acceptors (Lipinski definition) is 5. The van der Waals surface area contributed by atoms with Crippen LogP contribution < -0.4 is 10.2 Å². The van der Waals surface area contributed by atoms with E-state index in [1.165, 1.54) is 6.07 Å². The number of pyridine rings is 1. The molecule has 5 fully saturated rings. The molecule has 0 spiro atoms. The lowest BCUT2D eigenvalue weighted by molar-refractivity contribution is -0.186. The first-order valence-electron chi connectivity index (χ1n) is 12.7. The second kappa shape index (κ2) is 8.94. The summed E-state index contributed by atoms with van der Waals surface area (Å²) in [7, 11) is 0. The van der Waals surface area contributed by atoms with Crippen molar-refractivity contribution in [2.45, 2.75) is 63.7 Å². The number of carbonyl (C=O) groups is 2. The normalized spacial score (nSPS) is 32.7. The van der Waals surface area contributed by atoms with E-state index in [0.717, 1.165) is 50.8 Å². The van der Waals surface area contributed by atoms with Gasteiger partial charge in [-0.3, -0.25) is 14.6 Å². The molecule has 4 bridgehead atoms. The predicted molar refractivity (Wildman–Crippen MR) is 124 cm³/mol. The Morgan fingerprint density at radius 3 is 2.31 bits per heavy atom. The second-order valence-corrected chi connectivity index (χ2v) is 11.2. The van der Waals surface area contributed by atoms with Crippen molar-refractivity contribution in [2.75, 3.05) is 31.1 Å². The number of nitrogens with zero attached hydrogens (tertiary/aromatic N) is 4. The Morgan fingerprint density at radius 1 is 1.14 bits per heavy atom. The van der Waals surface area contributed by atoms with Crippen molar-refractivity contribution in [3.05, 3.63) is 23.9 Å². The van der Waals surface area contributed by atoms with Gasteiger partial charge in [0.1, 0.15) is 5.82 Å². The first kappa shape index (κ1) is 24.3. The maximum Gasteiger partial charge on any atom is 0.417 e. The molecule has 1 N–H and O–H groups in total. The number of aromatic nitrogens is 1. The molecular formula is C25H34F3N5O2. The number of hydrazine groups is 1. The van der Waals surface area contributed by atoms with E-state index in [9.17, 15) is 22.8 Å². The van der Waals surface area contributed by atoms with E-state index in [-0.39, 0.29) is 23.4 Å². The molecule has 35 heavy (non-hydrogen) atoms. The van der Waals surface area contributed by atoms with Crippen molar-refractivity contribution >= 4 is 18.1 Å². The van der Waals surface area contributed by atoms with Crippen LogP contribution in [0.4, 0.5) is 19.0 Å². The van der Waals surface area contributed by atoms with E-state index in [1.54, 1.807) is 0 Å². The van der Waals surface area contributed by atoms with E-state index in [0.29, 0.717) is 49.8 Å². The van der Waals surface area contributed by atoms with Gasteiger partial charge in [-0.25, -0.2) is 9.99 Å². The highest BCUT2D eigenvalue weighted by Crippen LogP contribution is 2.57. The molecule has 2 atom stereocenters. The van der Waals surface area contributed by atoms with Gasteiger partial charge in [-0.2, -0.15) is 13.2 Å². The number of rotatable bonds is 6. The zero-order valence-corrected chi connectivity index (χ0v) is 20.3. The summed E-state index contributed by atoms with van der Waals surface area (Å²) in [5.41, 5.74) is -0.869. The average Bonchev–Trinajstić information content (AvgIpc) is 2.80. The largest absolute Gasteiger partial charge is 0.417 e. The molecule has 2 amide bonds. The molecule has 1 saturated heterocycles. The molecule has 1 aromatic heterocycles. The third-order valence-electron chi connectivity index (χ3n) is 8.55. The fourth-order valence-electron chi connectivity index (χ4n) is 7.32. The molecule has 2 unspecified atom stereocenters. The number of amides is 2. The summed E-state index contributed by atoms with van der Waals surface area (Å²) < 4.78 is 38.7. The molecule has 1 aliphatic heterocycles. The summed E-state index contributed by atoms with van der Waals surface area (Å²) in [5.74, 6) is 1.85. The molecule has 6 rings (SSSR count). The Morgan fingerprint density at radius 2 is 1.80 bits per heavy atom. The summed E-state index contributed by atoms with van der Waals surface area (Å²) in [5, 5.41) is 7.34. The second-order valence-electron chi connectivity index (χ2n) is 11.2. The lowest BCUT2D eigenvalue weighted by atomic mass is 9.51. The summed E-state index contributed by atoms with van der Waals surface area (Å²) in [6.07, 6.45) is 2.40. The first-order valence-corrected chi connectivity index (χ1v) is 12.7. The third-order valence-corrected chi connectivity index (χ3v) is 8.55. The van der Waals surface area contributed by atoms with Gasteiger partial charge in [-0.15, -0.1) is 0 Å². The first-order chi connectivity index (χ1) is 16.6. The third kappa shape index (κ3) is 4.49. The summed E-state index contributed by atoms with van der Waals surface area (Å²) >= 11 is 0. The molecule has 5 aliphatic rings. The standard InChI is InChI=1S/C25H34F3N5O2/c1-16(2)23(35)33(22-18-9-17-10-19(22)13-24(11-17,12-18)30-15-34)32-7-5-31(6-8-32)21-4-3-20(14-29-21)25(26,27)28/h3-4,14-19,22H,5-13H2,1-2H3,(H,30,34). The van der Waals surface area contributed by atoms with Gasteiger partial charge in [0.25, 0.3) is 0 Å². The minimum absolute atomic E-state index is 0.117. The van der Waals surface area contributed by atoms with Crippen molar-refractivity contribution in [3.63, 3.8) is 0 Å². The van der Waals surface area contributed by atoms with Gasteiger partial charge in [0.2, 0.25) is 12.3 Å². The Kier molecular flexibility index (Phi) is 6.22. The number of carbonyl (C=O) groups excluding carboxylic acids is 2. The van der Waals surface area contributed by atoms with Gasteiger partial charge in [0.05, 0.1) is 11.6 Å². The van der Waals surface area contributed by atoms with Gasteiger partial charge >= 0.3 is 6.18 Å². The van der Waals surface area contributed by atoms with Crippen LogP contribution in [0.15, 0.2) is 18.3 Å². The highest BCUT2D eigenvalue weighted by Gasteiger charge is 2.58. The van der Waals surface area contributed by atoms with Crippen molar-refractivity contribution in [1.82, 2.24) is 20.3 Å². The number of piperazine rings is 1. The Labute approximate surface area is 204 Å². The van der Waals surface area contributed by atoms with Gasteiger partial charge in [-0.1, -0.05) is 13.8 Å². The lowest BCUT2D eigenvalue weighted by Crippen LogP contribution is -2.70. The van der Waals surface area contributed by atoms with Gasteiger partial charge in [-0.05, 0) is 62.0 Å². The topological polar surface area (TPSA) is 68.8 Å². The molecular weight excluding hydrogens is 459 g/mol. The van der Waals surface area contributed by atoms with Crippen molar-refractivity contribution in [1.29, 1.82) is 0 Å². The van der Waals surface area contributed by atoms with E-state index in [4.69, 9.17) is 0 Å². The quantitative estimate of drug-likeness (QED) is 0.616. The number of alkyl halides is 3. The minimum atomic E-state index is -4.40. The van der Waals surface area contributed by atoms with Crippen LogP contribution in [0.1, 0.15) is 51.5 Å². The van der Waals surface area contributed by atoms with Gasteiger partial charge < -0.3 is 10.2 Å². The maximum absolute atomic E-state index is 13.5. The zero-order valence-electron chi connectivity index (χ0n) is 20.3. The summed E-state index contributed by atoms with van der Waals surface area (Å²) in [6, 6.07) is 2.63. The maximum atomic E-state index is 13.5. The monoisotopic (exact) mass is 493 g/mol. The van der Waals surface area contributed by atoms with Crippen LogP contribution in [0, 0.1) is 23.7 Å². The molecule has 0 radical (unpaired) electrons. The Bertz CT molecular complexity index is 929. The van der Waals surface area contributed by atoms with Crippen LogP contribution in [-0.2, 0) is 15.8 Å². The molecule has 4 aliphatic carbocycles. The molecule has 4 saturated carbocycles.